The van der Waals surface area contributed by atoms with Gasteiger partial charge in [-0.3, -0.25) is 0 Å². The summed E-state index contributed by atoms with van der Waals surface area (Å²) < 4.78 is 0. The third-order valence-corrected chi connectivity index (χ3v) is 5.33. The summed E-state index contributed by atoms with van der Waals surface area (Å²) in [6.45, 7) is 10.4. The van der Waals surface area contributed by atoms with E-state index in [1.807, 2.05) is 0 Å². The van der Waals surface area contributed by atoms with E-state index >= 15 is 0 Å². The largest absolute Gasteiger partial charge is 0.390 e. The summed E-state index contributed by atoms with van der Waals surface area (Å²) in [4.78, 5) is 2.49. The fourth-order valence-corrected chi connectivity index (χ4v) is 4.31. The Morgan fingerprint density at radius 3 is 2.33 bits per heavy atom. The molecule has 2 rings (SSSR count). The van der Waals surface area contributed by atoms with E-state index in [1.165, 1.54) is 32.2 Å². The maximum atomic E-state index is 11.1. The van der Waals surface area contributed by atoms with Gasteiger partial charge in [-0.25, -0.2) is 0 Å². The van der Waals surface area contributed by atoms with Crippen LogP contribution in [0.4, 0.5) is 0 Å². The average Bonchev–Trinajstić information content (AvgIpc) is 2.51. The lowest BCUT2D eigenvalue weighted by atomic mass is 9.67. The van der Waals surface area contributed by atoms with Crippen LogP contribution in [0.5, 0.6) is 0 Å². The molecule has 2 heteroatoms. The Hall–Kier alpha value is -0.0800. The van der Waals surface area contributed by atoms with Crippen LogP contribution in [0.2, 0.25) is 0 Å². The zero-order chi connectivity index (χ0) is 13.2. The molecule has 2 nitrogen and oxygen atoms in total. The molecule has 0 bridgehead atoms. The van der Waals surface area contributed by atoms with Crippen LogP contribution >= 0.6 is 0 Å². The van der Waals surface area contributed by atoms with Crippen LogP contribution in [0, 0.1) is 17.8 Å². The molecule has 2 fully saturated rings. The molecule has 0 aromatic heterocycles. The summed E-state index contributed by atoms with van der Waals surface area (Å²) in [6.07, 6.45) is 7.02. The van der Waals surface area contributed by atoms with E-state index in [9.17, 15) is 5.11 Å². The third-order valence-electron chi connectivity index (χ3n) is 5.33. The maximum absolute atomic E-state index is 11.1. The fourth-order valence-electron chi connectivity index (χ4n) is 4.31. The summed E-state index contributed by atoms with van der Waals surface area (Å²) in [7, 11) is 0. The van der Waals surface area contributed by atoms with Gasteiger partial charge in [-0.05, 0) is 69.4 Å². The van der Waals surface area contributed by atoms with Gasteiger partial charge in [0.15, 0.2) is 0 Å². The maximum Gasteiger partial charge on any atom is 0.0688 e. The molecule has 0 aromatic rings. The second-order valence-corrected chi connectivity index (χ2v) is 7.01. The van der Waals surface area contributed by atoms with Gasteiger partial charge in [0.2, 0.25) is 0 Å². The Labute approximate surface area is 113 Å². The molecule has 0 amide bonds. The van der Waals surface area contributed by atoms with Gasteiger partial charge in [0, 0.05) is 6.54 Å². The van der Waals surface area contributed by atoms with Gasteiger partial charge in [0.1, 0.15) is 0 Å². The molecule has 0 aromatic carbocycles. The first kappa shape index (κ1) is 14.3. The summed E-state index contributed by atoms with van der Waals surface area (Å²) in [5.74, 6) is 2.15. The summed E-state index contributed by atoms with van der Waals surface area (Å²) in [5.41, 5.74) is -0.368. The zero-order valence-corrected chi connectivity index (χ0v) is 12.5. The van der Waals surface area contributed by atoms with Crippen LogP contribution in [0.1, 0.15) is 59.3 Å². The summed E-state index contributed by atoms with van der Waals surface area (Å²) >= 11 is 0. The average molecular weight is 253 g/mol. The van der Waals surface area contributed by atoms with Gasteiger partial charge in [-0.2, -0.15) is 0 Å². The highest BCUT2D eigenvalue weighted by Gasteiger charge is 2.40. The van der Waals surface area contributed by atoms with Gasteiger partial charge in [0.05, 0.1) is 5.60 Å². The van der Waals surface area contributed by atoms with Crippen molar-refractivity contribution in [2.45, 2.75) is 64.9 Å². The monoisotopic (exact) mass is 253 g/mol. The smallest absolute Gasteiger partial charge is 0.0688 e. The molecule has 1 aliphatic carbocycles. The molecular weight excluding hydrogens is 222 g/mol. The number of hydrogen-bond donors (Lipinski definition) is 1. The Bertz CT molecular complexity index is 258. The van der Waals surface area contributed by atoms with E-state index < -0.39 is 0 Å². The quantitative estimate of drug-likeness (QED) is 0.816. The van der Waals surface area contributed by atoms with E-state index in [0.29, 0.717) is 5.92 Å². The van der Waals surface area contributed by atoms with Crippen LogP contribution < -0.4 is 0 Å². The molecule has 1 heterocycles. The van der Waals surface area contributed by atoms with Crippen molar-refractivity contribution < 1.29 is 5.11 Å². The Kier molecular flexibility index (Phi) is 4.71. The molecule has 3 unspecified atom stereocenters. The lowest BCUT2D eigenvalue weighted by Crippen LogP contribution is -2.42. The van der Waals surface area contributed by atoms with Crippen LogP contribution in [-0.4, -0.2) is 35.2 Å². The Morgan fingerprint density at radius 2 is 1.72 bits per heavy atom. The SMILES string of the molecule is CCN1CCCC(O)(C2CC(C)CC(C)C2)CC1. The van der Waals surface area contributed by atoms with Gasteiger partial charge >= 0.3 is 0 Å². The molecule has 1 aliphatic heterocycles. The molecule has 1 saturated heterocycles. The first-order valence-electron chi connectivity index (χ1n) is 7.98. The van der Waals surface area contributed by atoms with Crippen molar-refractivity contribution in [3.63, 3.8) is 0 Å². The minimum atomic E-state index is -0.368. The lowest BCUT2D eigenvalue weighted by Gasteiger charge is -2.42. The lowest BCUT2D eigenvalue weighted by molar-refractivity contribution is -0.0587. The first-order chi connectivity index (χ1) is 8.53. The second kappa shape index (κ2) is 5.92. The van der Waals surface area contributed by atoms with E-state index in [4.69, 9.17) is 0 Å². The molecule has 0 radical (unpaired) electrons. The standard InChI is InChI=1S/C16H31NO/c1-4-17-8-5-6-16(18,7-9-17)15-11-13(2)10-14(3)12-15/h13-15,18H,4-12H2,1-3H3. The van der Waals surface area contributed by atoms with Crippen molar-refractivity contribution in [1.29, 1.82) is 0 Å². The highest BCUT2D eigenvalue weighted by atomic mass is 16.3. The minimum absolute atomic E-state index is 0.368. The Balaban J connectivity index is 2.01. The molecule has 18 heavy (non-hydrogen) atoms. The number of rotatable bonds is 2. The van der Waals surface area contributed by atoms with Crippen LogP contribution in [0.3, 0.4) is 0 Å². The molecule has 0 spiro atoms. The molecular formula is C16H31NO. The number of aliphatic hydroxyl groups is 1. The molecule has 106 valence electrons. The Morgan fingerprint density at radius 1 is 1.06 bits per heavy atom. The third kappa shape index (κ3) is 3.27. The van der Waals surface area contributed by atoms with Crippen LogP contribution in [-0.2, 0) is 0 Å². The van der Waals surface area contributed by atoms with Crippen molar-refractivity contribution in [2.24, 2.45) is 17.8 Å². The molecule has 3 atom stereocenters. The highest BCUT2D eigenvalue weighted by molar-refractivity contribution is 4.93. The molecule has 2 aliphatic rings. The predicted molar refractivity (Wildman–Crippen MR) is 76.6 cm³/mol. The van der Waals surface area contributed by atoms with Crippen molar-refractivity contribution in [3.8, 4) is 0 Å². The van der Waals surface area contributed by atoms with E-state index in [1.54, 1.807) is 0 Å². The number of nitrogens with zero attached hydrogens (tertiary/aromatic N) is 1. The topological polar surface area (TPSA) is 23.5 Å². The number of likely N-dealkylation sites (tertiary alicyclic amines) is 1. The summed E-state index contributed by atoms with van der Waals surface area (Å²) in [6, 6.07) is 0. The van der Waals surface area contributed by atoms with Gasteiger partial charge in [0.25, 0.3) is 0 Å². The van der Waals surface area contributed by atoms with Crippen molar-refractivity contribution in [2.75, 3.05) is 19.6 Å². The van der Waals surface area contributed by atoms with Crippen molar-refractivity contribution in [1.82, 2.24) is 4.90 Å². The van der Waals surface area contributed by atoms with Crippen LogP contribution in [0.25, 0.3) is 0 Å². The molecule has 1 N–H and O–H groups in total. The predicted octanol–water partition coefficient (Wildman–Crippen LogP) is 3.30. The van der Waals surface area contributed by atoms with Gasteiger partial charge in [-0.15, -0.1) is 0 Å². The van der Waals surface area contributed by atoms with E-state index in [-0.39, 0.29) is 5.60 Å². The number of hydrogen-bond acceptors (Lipinski definition) is 2. The minimum Gasteiger partial charge on any atom is -0.390 e. The van der Waals surface area contributed by atoms with Crippen molar-refractivity contribution >= 4 is 0 Å². The second-order valence-electron chi connectivity index (χ2n) is 7.01. The normalized spacial score (nSPS) is 43.7. The van der Waals surface area contributed by atoms with E-state index in [2.05, 4.69) is 25.7 Å². The summed E-state index contributed by atoms with van der Waals surface area (Å²) in [5, 5.41) is 11.1. The van der Waals surface area contributed by atoms with Gasteiger partial charge < -0.3 is 10.0 Å². The fraction of sp³-hybridized carbons (Fsp3) is 1.00. The van der Waals surface area contributed by atoms with E-state index in [0.717, 1.165) is 37.8 Å². The molecule has 1 saturated carbocycles. The zero-order valence-electron chi connectivity index (χ0n) is 12.5. The van der Waals surface area contributed by atoms with Gasteiger partial charge in [-0.1, -0.05) is 20.8 Å². The van der Waals surface area contributed by atoms with Crippen LogP contribution in [0.15, 0.2) is 0 Å². The first-order valence-corrected chi connectivity index (χ1v) is 7.98. The van der Waals surface area contributed by atoms with Crippen molar-refractivity contribution in [3.05, 3.63) is 0 Å². The highest BCUT2D eigenvalue weighted by Crippen LogP contribution is 2.42.